The number of hydrogen-bond donors (Lipinski definition) is 2. The minimum absolute atomic E-state index is 0.360. The zero-order valence-corrected chi connectivity index (χ0v) is 12.4. The predicted molar refractivity (Wildman–Crippen MR) is 79.1 cm³/mol. The van der Waals surface area contributed by atoms with Crippen molar-refractivity contribution in [2.24, 2.45) is 11.8 Å². The molecule has 0 saturated carbocycles. The van der Waals surface area contributed by atoms with E-state index in [9.17, 15) is 14.7 Å². The van der Waals surface area contributed by atoms with E-state index in [2.05, 4.69) is 5.32 Å². The van der Waals surface area contributed by atoms with Gasteiger partial charge < -0.3 is 19.9 Å². The molecule has 2 aliphatic rings. The van der Waals surface area contributed by atoms with Crippen molar-refractivity contribution in [1.29, 1.82) is 0 Å². The first kappa shape index (κ1) is 14.9. The van der Waals surface area contributed by atoms with Gasteiger partial charge in [0.15, 0.2) is 0 Å². The first-order valence-electron chi connectivity index (χ1n) is 6.72. The SMILES string of the molecule is COc1ccc(NC(=O)[C@@H]2[C@H](C(=O)O)[C@H]3C=C[C@H]2O3)cc1Cl. The average Bonchev–Trinajstić information content (AvgIpc) is 3.07. The normalized spacial score (nSPS) is 28.6. The molecule has 2 aliphatic heterocycles. The van der Waals surface area contributed by atoms with Gasteiger partial charge in [-0.2, -0.15) is 0 Å². The number of carbonyl (C=O) groups excluding carboxylic acids is 1. The number of fused-ring (bicyclic) bond motifs is 2. The quantitative estimate of drug-likeness (QED) is 0.827. The molecule has 0 aromatic heterocycles. The van der Waals surface area contributed by atoms with Crippen molar-refractivity contribution in [3.63, 3.8) is 0 Å². The summed E-state index contributed by atoms with van der Waals surface area (Å²) in [5, 5.41) is 12.4. The number of amides is 1. The first-order valence-corrected chi connectivity index (χ1v) is 7.10. The maximum absolute atomic E-state index is 12.4. The van der Waals surface area contributed by atoms with Gasteiger partial charge in [-0.25, -0.2) is 0 Å². The third kappa shape index (κ3) is 2.44. The summed E-state index contributed by atoms with van der Waals surface area (Å²) in [6, 6.07) is 4.82. The number of carboxylic acids is 1. The van der Waals surface area contributed by atoms with Gasteiger partial charge in [0.1, 0.15) is 11.7 Å². The predicted octanol–water partition coefficient (Wildman–Crippen LogP) is 1.94. The summed E-state index contributed by atoms with van der Waals surface area (Å²) < 4.78 is 10.5. The fourth-order valence-corrected chi connectivity index (χ4v) is 3.14. The maximum atomic E-state index is 12.4. The zero-order valence-electron chi connectivity index (χ0n) is 11.7. The van der Waals surface area contributed by atoms with E-state index in [1.54, 1.807) is 30.4 Å². The minimum atomic E-state index is -1.04. The van der Waals surface area contributed by atoms with E-state index in [1.165, 1.54) is 7.11 Å². The van der Waals surface area contributed by atoms with Crippen molar-refractivity contribution in [1.82, 2.24) is 0 Å². The second-order valence-corrected chi connectivity index (χ2v) is 5.59. The Balaban J connectivity index is 1.78. The van der Waals surface area contributed by atoms with Crippen LogP contribution in [0.2, 0.25) is 5.02 Å². The van der Waals surface area contributed by atoms with Gasteiger partial charge in [-0.05, 0) is 18.2 Å². The lowest BCUT2D eigenvalue weighted by atomic mass is 9.82. The average molecular weight is 324 g/mol. The first-order chi connectivity index (χ1) is 10.5. The van der Waals surface area contributed by atoms with Gasteiger partial charge in [-0.15, -0.1) is 0 Å². The van der Waals surface area contributed by atoms with Crippen LogP contribution in [0.25, 0.3) is 0 Å². The van der Waals surface area contributed by atoms with E-state index in [-0.39, 0.29) is 0 Å². The van der Waals surface area contributed by atoms with Crippen LogP contribution in [0.15, 0.2) is 30.4 Å². The largest absolute Gasteiger partial charge is 0.495 e. The topological polar surface area (TPSA) is 84.9 Å². The van der Waals surface area contributed by atoms with E-state index in [0.29, 0.717) is 16.5 Å². The summed E-state index contributed by atoms with van der Waals surface area (Å²) in [5.41, 5.74) is 0.478. The number of rotatable bonds is 4. The summed E-state index contributed by atoms with van der Waals surface area (Å²) >= 11 is 6.01. The fraction of sp³-hybridized carbons (Fsp3) is 0.333. The number of halogens is 1. The van der Waals surface area contributed by atoms with Crippen molar-refractivity contribution < 1.29 is 24.2 Å². The molecule has 6 nitrogen and oxygen atoms in total. The lowest BCUT2D eigenvalue weighted by Crippen LogP contribution is -2.39. The van der Waals surface area contributed by atoms with Crippen LogP contribution in [-0.4, -0.2) is 36.3 Å². The van der Waals surface area contributed by atoms with Crippen LogP contribution in [0.3, 0.4) is 0 Å². The summed E-state index contributed by atoms with van der Waals surface area (Å²) in [5.74, 6) is -2.57. The highest BCUT2D eigenvalue weighted by Gasteiger charge is 2.53. The van der Waals surface area contributed by atoms with Crippen LogP contribution in [0.1, 0.15) is 0 Å². The van der Waals surface area contributed by atoms with Crippen molar-refractivity contribution >= 4 is 29.2 Å². The number of ether oxygens (including phenoxy) is 2. The van der Waals surface area contributed by atoms with E-state index in [0.717, 1.165) is 0 Å². The molecule has 1 fully saturated rings. The number of carboxylic acid groups (broad SMARTS) is 1. The summed E-state index contributed by atoms with van der Waals surface area (Å²) in [6.45, 7) is 0. The van der Waals surface area contributed by atoms with Gasteiger partial charge in [0.05, 0.1) is 30.3 Å². The Morgan fingerprint density at radius 2 is 1.95 bits per heavy atom. The molecule has 2 bridgehead atoms. The number of methoxy groups -OCH3 is 1. The molecule has 1 saturated heterocycles. The minimum Gasteiger partial charge on any atom is -0.495 e. The number of anilines is 1. The molecule has 22 heavy (non-hydrogen) atoms. The standard InChI is InChI=1S/C15H14ClNO5/c1-21-9-3-2-7(6-8(9)16)17-14(18)12-10-4-5-11(22-10)13(12)15(19)20/h2-6,10-13H,1H3,(H,17,18)(H,19,20)/t10-,11-,12+,13-/m1/s1. The van der Waals surface area contributed by atoms with Crippen LogP contribution in [0, 0.1) is 11.8 Å². The summed E-state index contributed by atoms with van der Waals surface area (Å²) in [4.78, 5) is 23.8. The maximum Gasteiger partial charge on any atom is 0.310 e. The molecule has 0 spiro atoms. The molecule has 7 heteroatoms. The molecular weight excluding hydrogens is 310 g/mol. The second kappa shape index (κ2) is 5.62. The number of nitrogens with one attached hydrogen (secondary N) is 1. The third-order valence-electron chi connectivity index (χ3n) is 3.91. The van der Waals surface area contributed by atoms with Gasteiger partial charge in [-0.1, -0.05) is 23.8 Å². The van der Waals surface area contributed by atoms with Crippen molar-refractivity contribution in [2.75, 3.05) is 12.4 Å². The Labute approximate surface area is 131 Å². The van der Waals surface area contributed by atoms with E-state index in [4.69, 9.17) is 21.1 Å². The van der Waals surface area contributed by atoms with Crippen molar-refractivity contribution in [3.05, 3.63) is 35.4 Å². The molecule has 1 amide bonds. The molecule has 1 aromatic carbocycles. The monoisotopic (exact) mass is 323 g/mol. The van der Waals surface area contributed by atoms with Crippen LogP contribution >= 0.6 is 11.6 Å². The molecule has 0 unspecified atom stereocenters. The van der Waals surface area contributed by atoms with Gasteiger partial charge in [0.2, 0.25) is 5.91 Å². The van der Waals surface area contributed by atoms with Crippen LogP contribution < -0.4 is 10.1 Å². The van der Waals surface area contributed by atoms with Gasteiger partial charge >= 0.3 is 5.97 Å². The molecule has 0 aliphatic carbocycles. The van der Waals surface area contributed by atoms with Gasteiger partial charge in [0.25, 0.3) is 0 Å². The molecule has 2 heterocycles. The molecule has 2 N–H and O–H groups in total. The Morgan fingerprint density at radius 1 is 1.27 bits per heavy atom. The molecule has 116 valence electrons. The number of carbonyl (C=O) groups is 2. The summed E-state index contributed by atoms with van der Waals surface area (Å²) in [6.07, 6.45) is 2.38. The second-order valence-electron chi connectivity index (χ2n) is 5.18. The Morgan fingerprint density at radius 3 is 2.55 bits per heavy atom. The Bertz CT molecular complexity index is 659. The van der Waals surface area contributed by atoms with Crippen molar-refractivity contribution in [3.8, 4) is 5.75 Å². The van der Waals surface area contributed by atoms with E-state index < -0.39 is 35.9 Å². The van der Waals surface area contributed by atoms with Gasteiger partial charge in [0, 0.05) is 5.69 Å². The zero-order chi connectivity index (χ0) is 15.9. The van der Waals surface area contributed by atoms with Crippen LogP contribution in [0.5, 0.6) is 5.75 Å². The molecule has 1 aromatic rings. The van der Waals surface area contributed by atoms with Crippen molar-refractivity contribution in [2.45, 2.75) is 12.2 Å². The molecule has 3 rings (SSSR count). The van der Waals surface area contributed by atoms with E-state index >= 15 is 0 Å². The fourth-order valence-electron chi connectivity index (χ4n) is 2.88. The highest BCUT2D eigenvalue weighted by atomic mass is 35.5. The smallest absolute Gasteiger partial charge is 0.310 e. The van der Waals surface area contributed by atoms with Crippen LogP contribution in [-0.2, 0) is 14.3 Å². The van der Waals surface area contributed by atoms with E-state index in [1.807, 2.05) is 0 Å². The summed E-state index contributed by atoms with van der Waals surface area (Å²) in [7, 11) is 1.50. The Kier molecular flexibility index (Phi) is 3.80. The highest BCUT2D eigenvalue weighted by Crippen LogP contribution is 2.40. The van der Waals surface area contributed by atoms with Crippen LogP contribution in [0.4, 0.5) is 5.69 Å². The number of aliphatic carboxylic acids is 1. The number of benzene rings is 1. The molecule has 0 radical (unpaired) electrons. The lowest BCUT2D eigenvalue weighted by Gasteiger charge is -2.21. The highest BCUT2D eigenvalue weighted by molar-refractivity contribution is 6.32. The number of hydrogen-bond acceptors (Lipinski definition) is 4. The third-order valence-corrected chi connectivity index (χ3v) is 4.20. The molecule has 4 atom stereocenters. The molecular formula is C15H14ClNO5. The Hall–Kier alpha value is -2.05. The van der Waals surface area contributed by atoms with Gasteiger partial charge in [-0.3, -0.25) is 9.59 Å². The lowest BCUT2D eigenvalue weighted by molar-refractivity contribution is -0.145.